The van der Waals surface area contributed by atoms with Crippen LogP contribution in [0.3, 0.4) is 0 Å². The molecule has 0 spiro atoms. The van der Waals surface area contributed by atoms with Crippen molar-refractivity contribution in [1.82, 2.24) is 0 Å². The molecule has 2 aromatic carbocycles. The molecule has 0 unspecified atom stereocenters. The fourth-order valence-electron chi connectivity index (χ4n) is 1.46. The number of carbonyl (C=O) groups is 1. The molecule has 2 N–H and O–H groups in total. The van der Waals surface area contributed by atoms with Gasteiger partial charge in [-0.05, 0) is 24.3 Å². The molecule has 0 aliphatic rings. The van der Waals surface area contributed by atoms with E-state index in [2.05, 4.69) is 5.32 Å². The fourth-order valence-corrected chi connectivity index (χ4v) is 1.46. The van der Waals surface area contributed by atoms with Crippen LogP contribution in [0.2, 0.25) is 0 Å². The number of aromatic hydroxyl groups is 1. The molecule has 0 radical (unpaired) electrons. The number of halogens is 2. The number of rotatable bonds is 2. The van der Waals surface area contributed by atoms with E-state index >= 15 is 0 Å². The summed E-state index contributed by atoms with van der Waals surface area (Å²) in [6, 6.07) is 8.53. The molecule has 5 heteroatoms. The van der Waals surface area contributed by atoms with E-state index in [1.165, 1.54) is 18.2 Å². The quantitative estimate of drug-likeness (QED) is 0.859. The minimum atomic E-state index is -0.937. The maximum atomic E-state index is 13.3. The van der Waals surface area contributed by atoms with Crippen LogP contribution in [0.5, 0.6) is 5.75 Å². The van der Waals surface area contributed by atoms with Crippen LogP contribution in [0.15, 0.2) is 42.5 Å². The van der Waals surface area contributed by atoms with Gasteiger partial charge in [-0.2, -0.15) is 0 Å². The summed E-state index contributed by atoms with van der Waals surface area (Å²) in [5, 5.41) is 11.6. The van der Waals surface area contributed by atoms with E-state index in [1.807, 2.05) is 0 Å². The van der Waals surface area contributed by atoms with Crippen molar-refractivity contribution >= 4 is 11.6 Å². The lowest BCUT2D eigenvalue weighted by Crippen LogP contribution is -2.13. The molecule has 2 rings (SSSR count). The second-order valence-corrected chi connectivity index (χ2v) is 3.63. The van der Waals surface area contributed by atoms with Gasteiger partial charge in [-0.1, -0.05) is 6.07 Å². The van der Waals surface area contributed by atoms with Crippen molar-refractivity contribution in [2.75, 3.05) is 5.32 Å². The summed E-state index contributed by atoms with van der Waals surface area (Å²) in [5.41, 5.74) is 0.0588. The van der Waals surface area contributed by atoms with E-state index in [-0.39, 0.29) is 11.3 Å². The van der Waals surface area contributed by atoms with Crippen molar-refractivity contribution in [2.45, 2.75) is 0 Å². The van der Waals surface area contributed by atoms with Gasteiger partial charge in [0.25, 0.3) is 5.91 Å². The van der Waals surface area contributed by atoms with Crippen LogP contribution < -0.4 is 5.32 Å². The maximum absolute atomic E-state index is 13.3. The first-order chi connectivity index (χ1) is 8.56. The second-order valence-electron chi connectivity index (χ2n) is 3.63. The Hall–Kier alpha value is -2.43. The molecular weight excluding hydrogens is 240 g/mol. The van der Waals surface area contributed by atoms with Gasteiger partial charge in [0.1, 0.15) is 17.4 Å². The number of hydrogen-bond donors (Lipinski definition) is 2. The average molecular weight is 249 g/mol. The first-order valence-corrected chi connectivity index (χ1v) is 5.12. The van der Waals surface area contributed by atoms with Gasteiger partial charge in [0.05, 0.1) is 5.56 Å². The topological polar surface area (TPSA) is 49.3 Å². The molecule has 0 saturated heterocycles. The maximum Gasteiger partial charge on any atom is 0.258 e. The summed E-state index contributed by atoms with van der Waals surface area (Å²) >= 11 is 0. The minimum absolute atomic E-state index is 0.0209. The van der Waals surface area contributed by atoms with E-state index in [4.69, 9.17) is 0 Å². The van der Waals surface area contributed by atoms with E-state index in [1.54, 1.807) is 6.07 Å². The Kier molecular flexibility index (Phi) is 3.23. The molecule has 3 nitrogen and oxygen atoms in total. The van der Waals surface area contributed by atoms with Crippen molar-refractivity contribution in [3.63, 3.8) is 0 Å². The van der Waals surface area contributed by atoms with Gasteiger partial charge in [0.2, 0.25) is 0 Å². The van der Waals surface area contributed by atoms with Crippen molar-refractivity contribution in [3.8, 4) is 5.75 Å². The largest absolute Gasteiger partial charge is 0.508 e. The SMILES string of the molecule is O=C(Nc1cccc(O)c1)c1ccc(F)cc1F. The monoisotopic (exact) mass is 249 g/mol. The summed E-state index contributed by atoms with van der Waals surface area (Å²) in [4.78, 5) is 11.7. The van der Waals surface area contributed by atoms with Crippen molar-refractivity contribution in [3.05, 3.63) is 59.7 Å². The van der Waals surface area contributed by atoms with Crippen LogP contribution in [-0.2, 0) is 0 Å². The van der Waals surface area contributed by atoms with Gasteiger partial charge in [-0.15, -0.1) is 0 Å². The molecule has 0 aromatic heterocycles. The molecule has 0 heterocycles. The average Bonchev–Trinajstić information content (AvgIpc) is 2.28. The van der Waals surface area contributed by atoms with Gasteiger partial charge in [-0.3, -0.25) is 4.79 Å². The Morgan fingerprint density at radius 3 is 2.56 bits per heavy atom. The van der Waals surface area contributed by atoms with Crippen molar-refractivity contribution in [1.29, 1.82) is 0 Å². The van der Waals surface area contributed by atoms with Crippen LogP contribution in [0.4, 0.5) is 14.5 Å². The van der Waals surface area contributed by atoms with Crippen LogP contribution in [0.1, 0.15) is 10.4 Å². The summed E-state index contributed by atoms with van der Waals surface area (Å²) in [5.74, 6) is -2.42. The van der Waals surface area contributed by atoms with Crippen LogP contribution in [-0.4, -0.2) is 11.0 Å². The molecule has 0 fully saturated rings. The van der Waals surface area contributed by atoms with Gasteiger partial charge in [0.15, 0.2) is 0 Å². The molecule has 18 heavy (non-hydrogen) atoms. The van der Waals surface area contributed by atoms with E-state index in [0.29, 0.717) is 11.8 Å². The number of benzene rings is 2. The van der Waals surface area contributed by atoms with Gasteiger partial charge >= 0.3 is 0 Å². The molecule has 0 saturated carbocycles. The summed E-state index contributed by atoms with van der Waals surface area (Å²) in [7, 11) is 0. The molecule has 0 atom stereocenters. The Bertz CT molecular complexity index is 599. The number of carbonyl (C=O) groups excluding carboxylic acids is 1. The Morgan fingerprint density at radius 1 is 1.11 bits per heavy atom. The Labute approximate surface area is 102 Å². The van der Waals surface area contributed by atoms with Gasteiger partial charge in [-0.25, -0.2) is 8.78 Å². The van der Waals surface area contributed by atoms with E-state index in [0.717, 1.165) is 12.1 Å². The highest BCUT2D eigenvalue weighted by atomic mass is 19.1. The predicted octanol–water partition coefficient (Wildman–Crippen LogP) is 2.92. The minimum Gasteiger partial charge on any atom is -0.508 e. The van der Waals surface area contributed by atoms with Crippen LogP contribution in [0.25, 0.3) is 0 Å². The molecule has 2 aromatic rings. The lowest BCUT2D eigenvalue weighted by molar-refractivity contribution is 0.102. The lowest BCUT2D eigenvalue weighted by atomic mass is 10.2. The van der Waals surface area contributed by atoms with Crippen molar-refractivity contribution in [2.24, 2.45) is 0 Å². The van der Waals surface area contributed by atoms with Gasteiger partial charge in [0, 0.05) is 17.8 Å². The molecule has 92 valence electrons. The molecule has 1 amide bonds. The zero-order valence-corrected chi connectivity index (χ0v) is 9.15. The highest BCUT2D eigenvalue weighted by molar-refractivity contribution is 6.04. The standard InChI is InChI=1S/C13H9F2NO2/c14-8-4-5-11(12(15)6-8)13(18)16-9-2-1-3-10(17)7-9/h1-7,17H,(H,16,18). The number of amides is 1. The zero-order valence-electron chi connectivity index (χ0n) is 9.15. The van der Waals surface area contributed by atoms with E-state index < -0.39 is 17.5 Å². The highest BCUT2D eigenvalue weighted by Gasteiger charge is 2.12. The first kappa shape index (κ1) is 12.0. The predicted molar refractivity (Wildman–Crippen MR) is 62.4 cm³/mol. The third kappa shape index (κ3) is 2.63. The third-order valence-corrected chi connectivity index (χ3v) is 2.28. The molecule has 0 aliphatic heterocycles. The summed E-state index contributed by atoms with van der Waals surface area (Å²) in [6.45, 7) is 0. The second kappa shape index (κ2) is 4.83. The van der Waals surface area contributed by atoms with Gasteiger partial charge < -0.3 is 10.4 Å². The normalized spacial score (nSPS) is 10.1. The number of nitrogens with one attached hydrogen (secondary N) is 1. The third-order valence-electron chi connectivity index (χ3n) is 2.28. The fraction of sp³-hybridized carbons (Fsp3) is 0. The summed E-state index contributed by atoms with van der Waals surface area (Å²) < 4.78 is 26.0. The van der Waals surface area contributed by atoms with E-state index in [9.17, 15) is 18.7 Å². The molecular formula is C13H9F2NO2. The van der Waals surface area contributed by atoms with Crippen LogP contribution >= 0.6 is 0 Å². The molecule has 0 bridgehead atoms. The Morgan fingerprint density at radius 2 is 1.89 bits per heavy atom. The smallest absolute Gasteiger partial charge is 0.258 e. The first-order valence-electron chi connectivity index (χ1n) is 5.12. The lowest BCUT2D eigenvalue weighted by Gasteiger charge is -2.06. The Balaban J connectivity index is 2.22. The highest BCUT2D eigenvalue weighted by Crippen LogP contribution is 2.17. The number of phenolic OH excluding ortho intramolecular Hbond substituents is 1. The van der Waals surface area contributed by atoms with Crippen molar-refractivity contribution < 1.29 is 18.7 Å². The molecule has 0 aliphatic carbocycles. The summed E-state index contributed by atoms with van der Waals surface area (Å²) in [6.07, 6.45) is 0. The number of hydrogen-bond acceptors (Lipinski definition) is 2. The number of phenols is 1. The van der Waals surface area contributed by atoms with Crippen LogP contribution in [0, 0.1) is 11.6 Å². The number of anilines is 1. The zero-order chi connectivity index (χ0) is 13.1.